The number of esters is 1. The van der Waals surface area contributed by atoms with Crippen LogP contribution >= 0.6 is 0 Å². The number of fused-ring (bicyclic) bond motifs is 1. The summed E-state index contributed by atoms with van der Waals surface area (Å²) in [5.41, 5.74) is 3.78. The molecule has 122 valence electrons. The van der Waals surface area contributed by atoms with Gasteiger partial charge in [0.05, 0.1) is 6.61 Å². The second-order valence-corrected chi connectivity index (χ2v) is 7.19. The number of carbonyl (C=O) groups is 1. The Kier molecular flexibility index (Phi) is 6.05. The van der Waals surface area contributed by atoms with E-state index < -0.39 is 0 Å². The van der Waals surface area contributed by atoms with Crippen molar-refractivity contribution in [1.82, 2.24) is 0 Å². The summed E-state index contributed by atoms with van der Waals surface area (Å²) in [6.07, 6.45) is 12.2. The topological polar surface area (TPSA) is 26.3 Å². The van der Waals surface area contributed by atoms with Gasteiger partial charge >= 0.3 is 5.97 Å². The van der Waals surface area contributed by atoms with Crippen molar-refractivity contribution in [1.29, 1.82) is 0 Å². The van der Waals surface area contributed by atoms with Gasteiger partial charge < -0.3 is 4.74 Å². The lowest BCUT2D eigenvalue weighted by molar-refractivity contribution is -0.135. The van der Waals surface area contributed by atoms with E-state index in [-0.39, 0.29) is 5.97 Å². The molecule has 0 spiro atoms. The molecule has 0 saturated carbocycles. The predicted molar refractivity (Wildman–Crippen MR) is 91.5 cm³/mol. The SMILES string of the molecule is CC(C)=CCC[C@H](C)[C@H]1CC/C(C)=C/C/C=C2/C(=O)OC[C@@H]21. The van der Waals surface area contributed by atoms with Crippen LogP contribution in [-0.2, 0) is 9.53 Å². The summed E-state index contributed by atoms with van der Waals surface area (Å²) in [6.45, 7) is 9.46. The van der Waals surface area contributed by atoms with E-state index >= 15 is 0 Å². The summed E-state index contributed by atoms with van der Waals surface area (Å²) in [4.78, 5) is 12.0. The first kappa shape index (κ1) is 17.1. The zero-order valence-electron chi connectivity index (χ0n) is 14.5. The van der Waals surface area contributed by atoms with Crippen molar-refractivity contribution in [2.45, 2.75) is 59.8 Å². The summed E-state index contributed by atoms with van der Waals surface area (Å²) in [5, 5.41) is 0. The number of ether oxygens (including phenoxy) is 1. The summed E-state index contributed by atoms with van der Waals surface area (Å²) in [7, 11) is 0. The van der Waals surface area contributed by atoms with Crippen LogP contribution in [0.1, 0.15) is 59.8 Å². The van der Waals surface area contributed by atoms with E-state index in [2.05, 4.69) is 45.9 Å². The van der Waals surface area contributed by atoms with Crippen molar-refractivity contribution >= 4 is 5.97 Å². The maximum Gasteiger partial charge on any atom is 0.334 e. The number of carbonyl (C=O) groups excluding carboxylic acids is 1. The highest BCUT2D eigenvalue weighted by molar-refractivity contribution is 5.91. The van der Waals surface area contributed by atoms with E-state index in [1.165, 1.54) is 17.6 Å². The molecule has 1 aliphatic carbocycles. The fourth-order valence-electron chi connectivity index (χ4n) is 3.69. The van der Waals surface area contributed by atoms with Crippen LogP contribution in [0.15, 0.2) is 34.9 Å². The minimum absolute atomic E-state index is 0.0838. The van der Waals surface area contributed by atoms with Gasteiger partial charge in [-0.15, -0.1) is 0 Å². The Balaban J connectivity index is 2.13. The molecule has 0 aromatic heterocycles. The van der Waals surface area contributed by atoms with E-state index in [0.717, 1.165) is 31.3 Å². The van der Waals surface area contributed by atoms with Crippen molar-refractivity contribution < 1.29 is 9.53 Å². The quantitative estimate of drug-likeness (QED) is 0.526. The molecule has 1 aliphatic heterocycles. The van der Waals surface area contributed by atoms with Crippen molar-refractivity contribution in [2.24, 2.45) is 17.8 Å². The van der Waals surface area contributed by atoms with Crippen LogP contribution in [0.25, 0.3) is 0 Å². The van der Waals surface area contributed by atoms with Crippen LogP contribution < -0.4 is 0 Å². The van der Waals surface area contributed by atoms with Crippen molar-refractivity contribution in [3.8, 4) is 0 Å². The first-order valence-corrected chi connectivity index (χ1v) is 8.65. The Morgan fingerprint density at radius 2 is 2.18 bits per heavy atom. The standard InChI is InChI=1S/C20H30O2/c1-14(2)7-5-9-16(4)17-12-11-15(3)8-6-10-18-19(17)13-22-20(18)21/h7-8,10,16-17,19H,5-6,9,11-13H2,1-4H3/b15-8+,18-10+/t16-,17+,19+/m0/s1. The summed E-state index contributed by atoms with van der Waals surface area (Å²) in [6, 6.07) is 0. The molecular weight excluding hydrogens is 272 g/mol. The number of rotatable bonds is 4. The van der Waals surface area contributed by atoms with Crippen LogP contribution in [0.3, 0.4) is 0 Å². The largest absolute Gasteiger partial charge is 0.462 e. The molecule has 0 aromatic rings. The molecule has 0 bridgehead atoms. The molecule has 3 atom stereocenters. The fourth-order valence-corrected chi connectivity index (χ4v) is 3.69. The monoisotopic (exact) mass is 302 g/mol. The highest BCUT2D eigenvalue weighted by Gasteiger charge is 2.38. The molecule has 1 heterocycles. The molecule has 2 heteroatoms. The molecule has 0 unspecified atom stereocenters. The minimum atomic E-state index is -0.0838. The second-order valence-electron chi connectivity index (χ2n) is 7.19. The van der Waals surface area contributed by atoms with Gasteiger partial charge in [0.1, 0.15) is 0 Å². The van der Waals surface area contributed by atoms with Crippen molar-refractivity contribution in [3.63, 3.8) is 0 Å². The Morgan fingerprint density at radius 1 is 1.41 bits per heavy atom. The lowest BCUT2D eigenvalue weighted by Crippen LogP contribution is -2.24. The third-order valence-corrected chi connectivity index (χ3v) is 5.13. The van der Waals surface area contributed by atoms with Gasteiger partial charge in [0.15, 0.2) is 0 Å². The van der Waals surface area contributed by atoms with Gasteiger partial charge in [0.25, 0.3) is 0 Å². The number of hydrogen-bond donors (Lipinski definition) is 0. The molecule has 0 N–H and O–H groups in total. The van der Waals surface area contributed by atoms with E-state index in [0.29, 0.717) is 24.4 Å². The Hall–Kier alpha value is -1.31. The molecule has 22 heavy (non-hydrogen) atoms. The maximum absolute atomic E-state index is 12.0. The molecule has 2 aliphatic rings. The maximum atomic E-state index is 12.0. The molecule has 2 nitrogen and oxygen atoms in total. The fraction of sp³-hybridized carbons (Fsp3) is 0.650. The van der Waals surface area contributed by atoms with Crippen molar-refractivity contribution in [3.05, 3.63) is 34.9 Å². The zero-order valence-corrected chi connectivity index (χ0v) is 14.5. The first-order chi connectivity index (χ1) is 10.5. The van der Waals surface area contributed by atoms with E-state index in [4.69, 9.17) is 4.74 Å². The average molecular weight is 302 g/mol. The predicted octanol–water partition coefficient (Wildman–Crippen LogP) is 5.21. The van der Waals surface area contributed by atoms with Gasteiger partial charge in [-0.25, -0.2) is 4.79 Å². The smallest absolute Gasteiger partial charge is 0.334 e. The number of hydrogen-bond acceptors (Lipinski definition) is 2. The molecule has 0 amide bonds. The van der Waals surface area contributed by atoms with E-state index in [1.54, 1.807) is 0 Å². The van der Waals surface area contributed by atoms with Gasteiger partial charge in [-0.3, -0.25) is 0 Å². The molecule has 0 aromatic carbocycles. The second kappa shape index (κ2) is 7.80. The highest BCUT2D eigenvalue weighted by Crippen LogP contribution is 2.39. The molecule has 0 radical (unpaired) electrons. The number of allylic oxidation sites excluding steroid dienone is 5. The third-order valence-electron chi connectivity index (χ3n) is 5.13. The van der Waals surface area contributed by atoms with Gasteiger partial charge in [0, 0.05) is 11.5 Å². The lowest BCUT2D eigenvalue weighted by Gasteiger charge is -2.28. The molecular formula is C20H30O2. The van der Waals surface area contributed by atoms with Gasteiger partial charge in [-0.05, 0) is 64.7 Å². The summed E-state index contributed by atoms with van der Waals surface area (Å²) in [5.74, 6) is 1.38. The van der Waals surface area contributed by atoms with Gasteiger partial charge in [-0.1, -0.05) is 36.3 Å². The van der Waals surface area contributed by atoms with Gasteiger partial charge in [0.2, 0.25) is 0 Å². The number of cyclic esters (lactones) is 1. The minimum Gasteiger partial charge on any atom is -0.462 e. The molecule has 1 fully saturated rings. The third kappa shape index (κ3) is 4.34. The van der Waals surface area contributed by atoms with Crippen LogP contribution in [0, 0.1) is 17.8 Å². The Morgan fingerprint density at radius 3 is 2.91 bits per heavy atom. The summed E-state index contributed by atoms with van der Waals surface area (Å²) < 4.78 is 5.36. The first-order valence-electron chi connectivity index (χ1n) is 8.65. The van der Waals surface area contributed by atoms with E-state index in [9.17, 15) is 4.79 Å². The normalized spacial score (nSPS) is 31.4. The average Bonchev–Trinajstić information content (AvgIpc) is 2.83. The van der Waals surface area contributed by atoms with E-state index in [1.807, 2.05) is 0 Å². The lowest BCUT2D eigenvalue weighted by atomic mass is 9.75. The zero-order chi connectivity index (χ0) is 16.1. The highest BCUT2D eigenvalue weighted by atomic mass is 16.5. The van der Waals surface area contributed by atoms with Crippen LogP contribution in [0.2, 0.25) is 0 Å². The van der Waals surface area contributed by atoms with Gasteiger partial charge in [-0.2, -0.15) is 0 Å². The van der Waals surface area contributed by atoms with Crippen molar-refractivity contribution in [2.75, 3.05) is 6.61 Å². The summed E-state index contributed by atoms with van der Waals surface area (Å²) >= 11 is 0. The molecule has 2 rings (SSSR count). The Labute approximate surface area is 135 Å². The van der Waals surface area contributed by atoms with Crippen LogP contribution in [0.4, 0.5) is 0 Å². The van der Waals surface area contributed by atoms with Crippen LogP contribution in [0.5, 0.6) is 0 Å². The Bertz CT molecular complexity index is 492. The molecule has 1 saturated heterocycles. The van der Waals surface area contributed by atoms with Crippen LogP contribution in [-0.4, -0.2) is 12.6 Å².